The molecule has 0 bridgehead atoms. The van der Waals surface area contributed by atoms with Crippen LogP contribution in [-0.4, -0.2) is 19.6 Å². The third kappa shape index (κ3) is 3.93. The first-order valence-electron chi connectivity index (χ1n) is 5.58. The number of hydrogen-bond acceptors (Lipinski definition) is 3. The summed E-state index contributed by atoms with van der Waals surface area (Å²) in [5.41, 5.74) is 1.58. The summed E-state index contributed by atoms with van der Waals surface area (Å²) in [5, 5.41) is 3.00. The second kappa shape index (κ2) is 6.16. The lowest BCUT2D eigenvalue weighted by Gasteiger charge is -2.07. The van der Waals surface area contributed by atoms with Crippen molar-refractivity contribution in [2.45, 2.75) is 20.3 Å². The maximum atomic E-state index is 11.6. The molecule has 0 saturated heterocycles. The average Bonchev–Trinajstić information content (AvgIpc) is 2.28. The van der Waals surface area contributed by atoms with Gasteiger partial charge in [0, 0.05) is 12.7 Å². The zero-order valence-electron chi connectivity index (χ0n) is 10.1. The molecular weight excluding hydrogens is 202 g/mol. The van der Waals surface area contributed by atoms with E-state index in [1.807, 2.05) is 19.2 Å². The van der Waals surface area contributed by atoms with Crippen molar-refractivity contribution in [2.24, 2.45) is 5.92 Å². The van der Waals surface area contributed by atoms with Crippen molar-refractivity contribution in [1.82, 2.24) is 0 Å². The van der Waals surface area contributed by atoms with Crippen molar-refractivity contribution in [2.75, 3.05) is 19.0 Å². The van der Waals surface area contributed by atoms with E-state index in [1.54, 1.807) is 12.1 Å². The molecular formula is C13H19NO2. The Kier molecular flexibility index (Phi) is 4.83. The number of ether oxygens (including phenoxy) is 1. The van der Waals surface area contributed by atoms with E-state index in [0.717, 1.165) is 12.1 Å². The Morgan fingerprint density at radius 2 is 1.94 bits per heavy atom. The zero-order chi connectivity index (χ0) is 12.0. The van der Waals surface area contributed by atoms with E-state index in [4.69, 9.17) is 4.74 Å². The van der Waals surface area contributed by atoms with Crippen molar-refractivity contribution < 1.29 is 9.53 Å². The molecule has 0 atom stereocenters. The largest absolute Gasteiger partial charge is 0.462 e. The molecule has 1 N–H and O–H groups in total. The number of carbonyl (C=O) groups excluding carboxylic acids is 1. The van der Waals surface area contributed by atoms with Crippen LogP contribution in [0, 0.1) is 5.92 Å². The SMILES string of the molecule is CNc1ccc(C(=O)OCCC(C)C)cc1. The minimum Gasteiger partial charge on any atom is -0.462 e. The fourth-order valence-electron chi connectivity index (χ4n) is 1.24. The van der Waals surface area contributed by atoms with Crippen LogP contribution >= 0.6 is 0 Å². The number of carbonyl (C=O) groups is 1. The highest BCUT2D eigenvalue weighted by molar-refractivity contribution is 5.89. The summed E-state index contributed by atoms with van der Waals surface area (Å²) < 4.78 is 5.15. The van der Waals surface area contributed by atoms with Gasteiger partial charge in [-0.25, -0.2) is 4.79 Å². The lowest BCUT2D eigenvalue weighted by Crippen LogP contribution is -2.08. The molecule has 0 fully saturated rings. The topological polar surface area (TPSA) is 38.3 Å². The quantitative estimate of drug-likeness (QED) is 0.777. The highest BCUT2D eigenvalue weighted by Gasteiger charge is 2.06. The average molecular weight is 221 g/mol. The van der Waals surface area contributed by atoms with Gasteiger partial charge in [-0.15, -0.1) is 0 Å². The van der Waals surface area contributed by atoms with E-state index in [-0.39, 0.29) is 5.97 Å². The van der Waals surface area contributed by atoms with Gasteiger partial charge in [-0.1, -0.05) is 13.8 Å². The lowest BCUT2D eigenvalue weighted by atomic mass is 10.1. The Morgan fingerprint density at radius 3 is 2.44 bits per heavy atom. The molecule has 0 saturated carbocycles. The van der Waals surface area contributed by atoms with Gasteiger partial charge in [0.05, 0.1) is 12.2 Å². The number of benzene rings is 1. The molecule has 0 aliphatic carbocycles. The van der Waals surface area contributed by atoms with Gasteiger partial charge in [0.2, 0.25) is 0 Å². The van der Waals surface area contributed by atoms with E-state index in [0.29, 0.717) is 18.1 Å². The van der Waals surface area contributed by atoms with Crippen LogP contribution < -0.4 is 5.32 Å². The smallest absolute Gasteiger partial charge is 0.338 e. The van der Waals surface area contributed by atoms with Gasteiger partial charge < -0.3 is 10.1 Å². The van der Waals surface area contributed by atoms with Gasteiger partial charge >= 0.3 is 5.97 Å². The molecule has 1 aromatic carbocycles. The number of anilines is 1. The van der Waals surface area contributed by atoms with Crippen LogP contribution in [-0.2, 0) is 4.74 Å². The molecule has 1 aromatic rings. The molecule has 0 amide bonds. The Balaban J connectivity index is 2.46. The van der Waals surface area contributed by atoms with Crippen LogP contribution in [0.4, 0.5) is 5.69 Å². The molecule has 0 radical (unpaired) electrons. The van der Waals surface area contributed by atoms with Gasteiger partial charge in [-0.3, -0.25) is 0 Å². The molecule has 3 heteroatoms. The minimum absolute atomic E-state index is 0.247. The Morgan fingerprint density at radius 1 is 1.31 bits per heavy atom. The van der Waals surface area contributed by atoms with Gasteiger partial charge in [0.1, 0.15) is 0 Å². The number of nitrogens with one attached hydrogen (secondary N) is 1. The van der Waals surface area contributed by atoms with E-state index in [2.05, 4.69) is 19.2 Å². The normalized spacial score (nSPS) is 10.2. The summed E-state index contributed by atoms with van der Waals surface area (Å²) in [6.07, 6.45) is 0.903. The van der Waals surface area contributed by atoms with Crippen LogP contribution in [0.1, 0.15) is 30.6 Å². The first-order valence-corrected chi connectivity index (χ1v) is 5.58. The van der Waals surface area contributed by atoms with Gasteiger partial charge in [0.25, 0.3) is 0 Å². The summed E-state index contributed by atoms with van der Waals surface area (Å²) in [6.45, 7) is 4.70. The summed E-state index contributed by atoms with van der Waals surface area (Å²) >= 11 is 0. The number of rotatable bonds is 5. The first-order chi connectivity index (χ1) is 7.63. The van der Waals surface area contributed by atoms with E-state index in [1.165, 1.54) is 0 Å². The molecule has 0 aliphatic rings. The predicted octanol–water partition coefficient (Wildman–Crippen LogP) is 2.93. The second-order valence-corrected chi connectivity index (χ2v) is 4.15. The maximum absolute atomic E-state index is 11.6. The van der Waals surface area contributed by atoms with Crippen molar-refractivity contribution in [3.63, 3.8) is 0 Å². The predicted molar refractivity (Wildman–Crippen MR) is 65.7 cm³/mol. The van der Waals surface area contributed by atoms with Gasteiger partial charge in [0.15, 0.2) is 0 Å². The first kappa shape index (κ1) is 12.6. The van der Waals surface area contributed by atoms with Gasteiger partial charge in [-0.05, 0) is 36.6 Å². The standard InChI is InChI=1S/C13H19NO2/c1-10(2)8-9-16-13(15)11-4-6-12(14-3)7-5-11/h4-7,10,14H,8-9H2,1-3H3. The molecule has 0 heterocycles. The van der Waals surface area contributed by atoms with Crippen molar-refractivity contribution >= 4 is 11.7 Å². The van der Waals surface area contributed by atoms with Crippen LogP contribution in [0.15, 0.2) is 24.3 Å². The maximum Gasteiger partial charge on any atom is 0.338 e. The second-order valence-electron chi connectivity index (χ2n) is 4.15. The highest BCUT2D eigenvalue weighted by atomic mass is 16.5. The molecule has 0 aromatic heterocycles. The van der Waals surface area contributed by atoms with Crippen LogP contribution in [0.25, 0.3) is 0 Å². The minimum atomic E-state index is -0.247. The summed E-state index contributed by atoms with van der Waals surface area (Å²) in [4.78, 5) is 11.6. The van der Waals surface area contributed by atoms with Crippen molar-refractivity contribution in [1.29, 1.82) is 0 Å². The van der Waals surface area contributed by atoms with Gasteiger partial charge in [-0.2, -0.15) is 0 Å². The molecule has 0 spiro atoms. The van der Waals surface area contributed by atoms with Crippen LogP contribution in [0.5, 0.6) is 0 Å². The number of esters is 1. The third-order valence-electron chi connectivity index (χ3n) is 2.34. The monoisotopic (exact) mass is 221 g/mol. The van der Waals surface area contributed by atoms with Crippen molar-refractivity contribution in [3.05, 3.63) is 29.8 Å². The summed E-state index contributed by atoms with van der Waals surface area (Å²) in [5.74, 6) is 0.308. The molecule has 88 valence electrons. The summed E-state index contributed by atoms with van der Waals surface area (Å²) in [7, 11) is 1.84. The molecule has 3 nitrogen and oxygen atoms in total. The van der Waals surface area contributed by atoms with Crippen LogP contribution in [0.3, 0.4) is 0 Å². The Labute approximate surface area is 96.8 Å². The van der Waals surface area contributed by atoms with E-state index >= 15 is 0 Å². The zero-order valence-corrected chi connectivity index (χ0v) is 10.1. The van der Waals surface area contributed by atoms with Crippen LogP contribution in [0.2, 0.25) is 0 Å². The lowest BCUT2D eigenvalue weighted by molar-refractivity contribution is 0.0488. The fourth-order valence-corrected chi connectivity index (χ4v) is 1.24. The molecule has 1 rings (SSSR count). The summed E-state index contributed by atoms with van der Waals surface area (Å²) in [6, 6.07) is 7.26. The fraction of sp³-hybridized carbons (Fsp3) is 0.462. The molecule has 0 aliphatic heterocycles. The van der Waals surface area contributed by atoms with Crippen molar-refractivity contribution in [3.8, 4) is 0 Å². The molecule has 0 unspecified atom stereocenters. The Hall–Kier alpha value is -1.51. The van der Waals surface area contributed by atoms with E-state index < -0.39 is 0 Å². The number of hydrogen-bond donors (Lipinski definition) is 1. The Bertz CT molecular complexity index is 330. The molecule has 16 heavy (non-hydrogen) atoms. The highest BCUT2D eigenvalue weighted by Crippen LogP contribution is 2.10. The third-order valence-corrected chi connectivity index (χ3v) is 2.34. The van der Waals surface area contributed by atoms with E-state index in [9.17, 15) is 4.79 Å².